The zero-order valence-electron chi connectivity index (χ0n) is 9.86. The highest BCUT2D eigenvalue weighted by Gasteiger charge is 2.13. The molecule has 18 heavy (non-hydrogen) atoms. The second-order valence-electron chi connectivity index (χ2n) is 3.96. The quantitative estimate of drug-likeness (QED) is 0.831. The molecule has 0 aliphatic rings. The van der Waals surface area contributed by atoms with E-state index in [9.17, 15) is 9.90 Å². The normalized spacial score (nSPS) is 12.5. The van der Waals surface area contributed by atoms with Gasteiger partial charge in [-0.15, -0.1) is 0 Å². The average Bonchev–Trinajstić information content (AvgIpc) is 2.46. The number of aliphatic hydroxyl groups is 1. The van der Waals surface area contributed by atoms with Gasteiger partial charge in [0.05, 0.1) is 0 Å². The second-order valence-corrected chi connectivity index (χ2v) is 3.96. The Hall–Kier alpha value is -2.19. The Labute approximate surface area is 106 Å². The molecule has 2 nitrogen and oxygen atoms in total. The molecule has 1 atom stereocenters. The molecule has 2 rings (SSSR count). The molecular weight excluding hydrogens is 224 g/mol. The molecule has 0 aliphatic carbocycles. The summed E-state index contributed by atoms with van der Waals surface area (Å²) in [5, 5.41) is 9.87. The monoisotopic (exact) mass is 238 g/mol. The first-order valence-corrected chi connectivity index (χ1v) is 5.77. The molecule has 1 unspecified atom stereocenters. The fraction of sp³-hybridized carbons (Fsp3) is 0.0625. The van der Waals surface area contributed by atoms with Crippen molar-refractivity contribution in [3.05, 3.63) is 77.9 Å². The van der Waals surface area contributed by atoms with E-state index in [-0.39, 0.29) is 5.78 Å². The molecule has 2 heteroatoms. The summed E-state index contributed by atoms with van der Waals surface area (Å²) in [4.78, 5) is 11.8. The van der Waals surface area contributed by atoms with E-state index < -0.39 is 6.10 Å². The van der Waals surface area contributed by atoms with Crippen molar-refractivity contribution in [2.24, 2.45) is 0 Å². The van der Waals surface area contributed by atoms with Crippen LogP contribution in [0.1, 0.15) is 17.2 Å². The van der Waals surface area contributed by atoms with Gasteiger partial charge < -0.3 is 5.11 Å². The summed E-state index contributed by atoms with van der Waals surface area (Å²) in [6.45, 7) is 0. The number of ketones is 1. The molecule has 0 aromatic heterocycles. The summed E-state index contributed by atoms with van der Waals surface area (Å²) in [5.41, 5.74) is 1.55. The number of carbonyl (C=O) groups excluding carboxylic acids is 1. The third-order valence-corrected chi connectivity index (χ3v) is 2.62. The molecule has 90 valence electrons. The number of hydrogen-bond donors (Lipinski definition) is 1. The van der Waals surface area contributed by atoms with E-state index in [2.05, 4.69) is 0 Å². The summed E-state index contributed by atoms with van der Waals surface area (Å²) in [6.07, 6.45) is 2.02. The molecule has 1 N–H and O–H groups in total. The Morgan fingerprint density at radius 1 is 0.944 bits per heavy atom. The van der Waals surface area contributed by atoms with Gasteiger partial charge in [-0.3, -0.25) is 4.79 Å². The van der Waals surface area contributed by atoms with Crippen LogP contribution in [-0.4, -0.2) is 10.9 Å². The van der Waals surface area contributed by atoms with Crippen LogP contribution < -0.4 is 0 Å². The van der Waals surface area contributed by atoms with Gasteiger partial charge in [0.1, 0.15) is 6.10 Å². The topological polar surface area (TPSA) is 37.3 Å². The van der Waals surface area contributed by atoms with Crippen molar-refractivity contribution in [3.63, 3.8) is 0 Å². The van der Waals surface area contributed by atoms with Gasteiger partial charge in [-0.1, -0.05) is 66.7 Å². The molecule has 0 amide bonds. The summed E-state index contributed by atoms with van der Waals surface area (Å²) in [5.74, 6) is -0.315. The van der Waals surface area contributed by atoms with E-state index in [0.29, 0.717) is 5.56 Å². The fourth-order valence-electron chi connectivity index (χ4n) is 1.63. The third kappa shape index (κ3) is 3.15. The maximum atomic E-state index is 11.8. The predicted octanol–water partition coefficient (Wildman–Crippen LogP) is 3.00. The van der Waals surface area contributed by atoms with Crippen molar-refractivity contribution in [3.8, 4) is 0 Å². The fourth-order valence-corrected chi connectivity index (χ4v) is 1.63. The minimum absolute atomic E-state index is 0.315. The van der Waals surface area contributed by atoms with Crippen LogP contribution in [0.25, 0.3) is 6.08 Å². The van der Waals surface area contributed by atoms with Gasteiger partial charge in [-0.2, -0.15) is 0 Å². The van der Waals surface area contributed by atoms with Crippen LogP contribution in [0.15, 0.2) is 66.7 Å². The molecule has 0 spiro atoms. The van der Waals surface area contributed by atoms with Gasteiger partial charge in [-0.25, -0.2) is 0 Å². The maximum Gasteiger partial charge on any atom is 0.188 e. The molecule has 0 aliphatic heterocycles. The minimum atomic E-state index is -1.09. The zero-order valence-corrected chi connectivity index (χ0v) is 9.86. The van der Waals surface area contributed by atoms with Crippen molar-refractivity contribution >= 4 is 11.9 Å². The van der Waals surface area contributed by atoms with Gasteiger partial charge >= 0.3 is 0 Å². The molecule has 0 heterocycles. The van der Waals surface area contributed by atoms with Crippen molar-refractivity contribution in [2.75, 3.05) is 0 Å². The molecule has 0 fully saturated rings. The zero-order chi connectivity index (χ0) is 12.8. The molecule has 0 radical (unpaired) electrons. The number of aliphatic hydroxyl groups excluding tert-OH is 1. The van der Waals surface area contributed by atoms with Crippen LogP contribution in [0.2, 0.25) is 0 Å². The number of rotatable bonds is 4. The van der Waals surface area contributed by atoms with Crippen LogP contribution in [-0.2, 0) is 4.79 Å². The van der Waals surface area contributed by atoms with Crippen molar-refractivity contribution < 1.29 is 9.90 Å². The lowest BCUT2D eigenvalue weighted by Gasteiger charge is -2.06. The smallest absolute Gasteiger partial charge is 0.188 e. The van der Waals surface area contributed by atoms with Crippen LogP contribution >= 0.6 is 0 Å². The van der Waals surface area contributed by atoms with E-state index in [1.165, 1.54) is 6.08 Å². The lowest BCUT2D eigenvalue weighted by molar-refractivity contribution is -0.122. The van der Waals surface area contributed by atoms with E-state index in [1.54, 1.807) is 30.3 Å². The average molecular weight is 238 g/mol. The van der Waals surface area contributed by atoms with Gasteiger partial charge in [0.15, 0.2) is 5.78 Å². The van der Waals surface area contributed by atoms with E-state index in [4.69, 9.17) is 0 Å². The van der Waals surface area contributed by atoms with Crippen LogP contribution in [0.3, 0.4) is 0 Å². The first-order chi connectivity index (χ1) is 8.77. The van der Waals surface area contributed by atoms with Gasteiger partial charge in [0.2, 0.25) is 0 Å². The molecule has 2 aromatic carbocycles. The van der Waals surface area contributed by atoms with Gasteiger partial charge in [0.25, 0.3) is 0 Å². The first-order valence-electron chi connectivity index (χ1n) is 5.77. The van der Waals surface area contributed by atoms with E-state index in [1.807, 2.05) is 36.4 Å². The van der Waals surface area contributed by atoms with Crippen molar-refractivity contribution in [1.82, 2.24) is 0 Å². The molecule has 0 saturated heterocycles. The van der Waals surface area contributed by atoms with Crippen LogP contribution in [0.5, 0.6) is 0 Å². The number of carbonyl (C=O) groups is 1. The largest absolute Gasteiger partial charge is 0.380 e. The Balaban J connectivity index is 2.07. The summed E-state index contributed by atoms with van der Waals surface area (Å²) in [6, 6.07) is 18.4. The van der Waals surface area contributed by atoms with Crippen LogP contribution in [0.4, 0.5) is 0 Å². The molecule has 2 aromatic rings. The van der Waals surface area contributed by atoms with Crippen molar-refractivity contribution in [1.29, 1.82) is 0 Å². The third-order valence-electron chi connectivity index (χ3n) is 2.62. The summed E-state index contributed by atoms with van der Waals surface area (Å²) >= 11 is 0. The van der Waals surface area contributed by atoms with Crippen molar-refractivity contribution in [2.45, 2.75) is 6.10 Å². The Bertz CT molecular complexity index is 530. The standard InChI is InChI=1S/C16H14O2/c17-15(12-11-13-7-3-1-4-8-13)16(18)14-9-5-2-6-10-14/h1-12,16,18H/b12-11+. The van der Waals surface area contributed by atoms with E-state index >= 15 is 0 Å². The second kappa shape index (κ2) is 5.94. The molecular formula is C16H14O2. The predicted molar refractivity (Wildman–Crippen MR) is 71.9 cm³/mol. The molecule has 0 bridgehead atoms. The first kappa shape index (κ1) is 12.3. The molecule has 0 saturated carbocycles. The van der Waals surface area contributed by atoms with Gasteiger partial charge in [-0.05, 0) is 17.2 Å². The summed E-state index contributed by atoms with van der Waals surface area (Å²) in [7, 11) is 0. The maximum absolute atomic E-state index is 11.8. The lowest BCUT2D eigenvalue weighted by Crippen LogP contribution is -2.08. The number of benzene rings is 2. The highest BCUT2D eigenvalue weighted by molar-refractivity contribution is 5.97. The Morgan fingerprint density at radius 2 is 1.50 bits per heavy atom. The number of hydrogen-bond acceptors (Lipinski definition) is 2. The highest BCUT2D eigenvalue weighted by atomic mass is 16.3. The lowest BCUT2D eigenvalue weighted by atomic mass is 10.0. The minimum Gasteiger partial charge on any atom is -0.380 e. The Morgan fingerprint density at radius 3 is 2.11 bits per heavy atom. The van der Waals surface area contributed by atoms with Gasteiger partial charge in [0, 0.05) is 0 Å². The Kier molecular flexibility index (Phi) is 4.05. The SMILES string of the molecule is O=C(/C=C/c1ccccc1)C(O)c1ccccc1. The highest BCUT2D eigenvalue weighted by Crippen LogP contribution is 2.14. The van der Waals surface area contributed by atoms with E-state index in [0.717, 1.165) is 5.56 Å². The summed E-state index contributed by atoms with van der Waals surface area (Å²) < 4.78 is 0. The van der Waals surface area contributed by atoms with Crippen LogP contribution in [0, 0.1) is 0 Å².